The van der Waals surface area contributed by atoms with Gasteiger partial charge in [0.1, 0.15) is 5.60 Å². The molecule has 0 spiro atoms. The minimum atomic E-state index is -1.54. The van der Waals surface area contributed by atoms with Gasteiger partial charge in [-0.1, -0.05) is 47.4 Å². The normalized spacial score (nSPS) is 16.1. The van der Waals surface area contributed by atoms with E-state index in [4.69, 9.17) is 23.2 Å². The third-order valence-corrected chi connectivity index (χ3v) is 4.42. The maximum atomic E-state index is 11.2. The highest BCUT2D eigenvalue weighted by Crippen LogP contribution is 2.41. The van der Waals surface area contributed by atoms with E-state index in [1.54, 1.807) is 50.4 Å². The second-order valence-corrected chi connectivity index (χ2v) is 5.92. The summed E-state index contributed by atoms with van der Waals surface area (Å²) in [6.07, 6.45) is 3.14. The Morgan fingerprint density at radius 3 is 2.59 bits per heavy atom. The molecule has 2 unspecified atom stereocenters. The van der Waals surface area contributed by atoms with E-state index in [9.17, 15) is 10.3 Å². The molecule has 0 aliphatic carbocycles. The third kappa shape index (κ3) is 2.95. The topological polar surface area (TPSA) is 65.7 Å². The molecule has 116 valence electrons. The van der Waals surface area contributed by atoms with Gasteiger partial charge in [-0.2, -0.15) is 0 Å². The van der Waals surface area contributed by atoms with E-state index in [0.29, 0.717) is 21.2 Å². The van der Waals surface area contributed by atoms with Crippen LogP contribution < -0.4 is 0 Å². The summed E-state index contributed by atoms with van der Waals surface area (Å²) in [5, 5.41) is 24.6. The molecule has 2 atom stereocenters. The van der Waals surface area contributed by atoms with E-state index in [-0.39, 0.29) is 5.71 Å². The molecule has 0 saturated carbocycles. The SMILES string of the molecule is C/C(=N\O)C(O)(c1cccnc1)C(C)c1ccc(Cl)cc1Cl. The molecule has 6 heteroatoms. The molecule has 4 nitrogen and oxygen atoms in total. The molecular formula is C16H16Cl2N2O2. The first kappa shape index (κ1) is 16.7. The Balaban J connectivity index is 2.59. The molecule has 0 fully saturated rings. The number of hydrogen-bond acceptors (Lipinski definition) is 4. The number of benzene rings is 1. The average molecular weight is 339 g/mol. The Morgan fingerprint density at radius 2 is 2.05 bits per heavy atom. The van der Waals surface area contributed by atoms with Crippen LogP contribution in [0.3, 0.4) is 0 Å². The Morgan fingerprint density at radius 1 is 1.32 bits per heavy atom. The van der Waals surface area contributed by atoms with Gasteiger partial charge in [0.25, 0.3) is 0 Å². The van der Waals surface area contributed by atoms with Crippen LogP contribution in [0.4, 0.5) is 0 Å². The van der Waals surface area contributed by atoms with E-state index in [2.05, 4.69) is 10.1 Å². The van der Waals surface area contributed by atoms with Gasteiger partial charge < -0.3 is 10.3 Å². The van der Waals surface area contributed by atoms with Crippen molar-refractivity contribution in [3.63, 3.8) is 0 Å². The minimum Gasteiger partial charge on any atom is -0.411 e. The minimum absolute atomic E-state index is 0.152. The van der Waals surface area contributed by atoms with Crippen molar-refractivity contribution < 1.29 is 10.3 Å². The maximum Gasteiger partial charge on any atom is 0.139 e. The van der Waals surface area contributed by atoms with Crippen LogP contribution in [0.5, 0.6) is 0 Å². The summed E-state index contributed by atoms with van der Waals surface area (Å²) in [5.74, 6) is -0.475. The Kier molecular flexibility index (Phi) is 5.06. The maximum absolute atomic E-state index is 11.2. The highest BCUT2D eigenvalue weighted by Gasteiger charge is 2.41. The molecule has 2 rings (SSSR count). The van der Waals surface area contributed by atoms with Crippen LogP contribution in [0.1, 0.15) is 30.9 Å². The number of rotatable bonds is 4. The van der Waals surface area contributed by atoms with Gasteiger partial charge in [0, 0.05) is 33.9 Å². The number of halogens is 2. The summed E-state index contributed by atoms with van der Waals surface area (Å²) in [7, 11) is 0. The van der Waals surface area contributed by atoms with Crippen molar-refractivity contribution >= 4 is 28.9 Å². The second kappa shape index (κ2) is 6.65. The molecule has 0 saturated heterocycles. The fourth-order valence-corrected chi connectivity index (χ4v) is 3.09. The third-order valence-electron chi connectivity index (χ3n) is 3.86. The van der Waals surface area contributed by atoms with Crippen molar-refractivity contribution in [2.24, 2.45) is 5.16 Å². The van der Waals surface area contributed by atoms with E-state index in [1.165, 1.54) is 6.20 Å². The first-order chi connectivity index (χ1) is 10.4. The van der Waals surface area contributed by atoms with Crippen molar-refractivity contribution in [1.82, 2.24) is 4.98 Å². The van der Waals surface area contributed by atoms with Gasteiger partial charge >= 0.3 is 0 Å². The van der Waals surface area contributed by atoms with Crippen LogP contribution in [0.2, 0.25) is 10.0 Å². The first-order valence-electron chi connectivity index (χ1n) is 6.68. The summed E-state index contributed by atoms with van der Waals surface area (Å²) in [6, 6.07) is 8.50. The smallest absolute Gasteiger partial charge is 0.139 e. The lowest BCUT2D eigenvalue weighted by atomic mass is 9.76. The molecule has 1 heterocycles. The summed E-state index contributed by atoms with van der Waals surface area (Å²) in [5.41, 5.74) is -0.177. The van der Waals surface area contributed by atoms with Gasteiger partial charge in [0.05, 0.1) is 5.71 Å². The van der Waals surface area contributed by atoms with Gasteiger partial charge in [-0.25, -0.2) is 0 Å². The summed E-state index contributed by atoms with van der Waals surface area (Å²) < 4.78 is 0. The number of pyridine rings is 1. The van der Waals surface area contributed by atoms with Crippen LogP contribution in [0, 0.1) is 0 Å². The highest BCUT2D eigenvalue weighted by molar-refractivity contribution is 6.35. The number of nitrogens with zero attached hydrogens (tertiary/aromatic N) is 2. The highest BCUT2D eigenvalue weighted by atomic mass is 35.5. The van der Waals surface area contributed by atoms with E-state index in [0.717, 1.165) is 0 Å². The van der Waals surface area contributed by atoms with E-state index in [1.807, 2.05) is 0 Å². The van der Waals surface area contributed by atoms with Crippen LogP contribution in [-0.2, 0) is 5.60 Å². The Hall–Kier alpha value is -1.62. The lowest BCUT2D eigenvalue weighted by Crippen LogP contribution is -2.39. The molecule has 22 heavy (non-hydrogen) atoms. The van der Waals surface area contributed by atoms with Gasteiger partial charge in [-0.05, 0) is 30.7 Å². The lowest BCUT2D eigenvalue weighted by Gasteiger charge is -2.34. The molecule has 0 amide bonds. The molecule has 1 aromatic carbocycles. The number of aromatic nitrogens is 1. The van der Waals surface area contributed by atoms with E-state index < -0.39 is 11.5 Å². The monoisotopic (exact) mass is 338 g/mol. The molecule has 2 aromatic rings. The van der Waals surface area contributed by atoms with Gasteiger partial charge in [0.2, 0.25) is 0 Å². The Labute approximate surface area is 139 Å². The van der Waals surface area contributed by atoms with Crippen LogP contribution in [0.15, 0.2) is 47.9 Å². The van der Waals surface area contributed by atoms with Crippen LogP contribution in [-0.4, -0.2) is 21.0 Å². The van der Waals surface area contributed by atoms with Crippen molar-refractivity contribution in [1.29, 1.82) is 0 Å². The van der Waals surface area contributed by atoms with Crippen molar-refractivity contribution in [2.45, 2.75) is 25.4 Å². The predicted molar refractivity (Wildman–Crippen MR) is 87.9 cm³/mol. The van der Waals surface area contributed by atoms with E-state index >= 15 is 0 Å². The largest absolute Gasteiger partial charge is 0.411 e. The molecule has 0 aliphatic rings. The fourth-order valence-electron chi connectivity index (χ4n) is 2.51. The quantitative estimate of drug-likeness (QED) is 0.498. The number of oxime groups is 1. The van der Waals surface area contributed by atoms with Gasteiger partial charge in [-0.3, -0.25) is 4.98 Å². The molecule has 1 aromatic heterocycles. The zero-order valence-electron chi connectivity index (χ0n) is 12.2. The predicted octanol–water partition coefficient (Wildman–Crippen LogP) is 4.23. The molecule has 2 N–H and O–H groups in total. The van der Waals surface area contributed by atoms with Crippen LogP contribution >= 0.6 is 23.2 Å². The molecule has 0 aliphatic heterocycles. The van der Waals surface area contributed by atoms with Crippen molar-refractivity contribution in [3.8, 4) is 0 Å². The van der Waals surface area contributed by atoms with Crippen LogP contribution in [0.25, 0.3) is 0 Å². The first-order valence-corrected chi connectivity index (χ1v) is 7.43. The fraction of sp³-hybridized carbons (Fsp3) is 0.250. The Bertz CT molecular complexity index is 692. The zero-order valence-corrected chi connectivity index (χ0v) is 13.7. The lowest BCUT2D eigenvalue weighted by molar-refractivity contribution is 0.0801. The van der Waals surface area contributed by atoms with Gasteiger partial charge in [0.15, 0.2) is 0 Å². The second-order valence-electron chi connectivity index (χ2n) is 5.08. The number of hydrogen-bond donors (Lipinski definition) is 2. The van der Waals surface area contributed by atoms with Gasteiger partial charge in [-0.15, -0.1) is 0 Å². The number of aliphatic hydroxyl groups is 1. The summed E-state index contributed by atoms with van der Waals surface area (Å²) >= 11 is 12.2. The zero-order chi connectivity index (χ0) is 16.3. The molecule has 0 radical (unpaired) electrons. The molecular weight excluding hydrogens is 323 g/mol. The summed E-state index contributed by atoms with van der Waals surface area (Å²) in [6.45, 7) is 3.35. The van der Waals surface area contributed by atoms with Crippen molar-refractivity contribution in [2.75, 3.05) is 0 Å². The van der Waals surface area contributed by atoms with Crippen molar-refractivity contribution in [3.05, 3.63) is 63.9 Å². The summed E-state index contributed by atoms with van der Waals surface area (Å²) in [4.78, 5) is 4.03. The molecule has 0 bridgehead atoms. The standard InChI is InChI=1S/C16H16Cl2N2O2/c1-10(14-6-5-13(17)8-15(14)18)16(21,11(2)20-22)12-4-3-7-19-9-12/h3-10,21-22H,1-2H3/b20-11+. The average Bonchev–Trinajstić information content (AvgIpc) is 2.53.